The fourth-order valence-corrected chi connectivity index (χ4v) is 0.722. The van der Waals surface area contributed by atoms with Gasteiger partial charge in [-0.1, -0.05) is 28.5 Å². The van der Waals surface area contributed by atoms with Gasteiger partial charge in [-0.2, -0.15) is 0 Å². The van der Waals surface area contributed by atoms with E-state index >= 15 is 0 Å². The number of carbonyl (C=O) groups is 1. The summed E-state index contributed by atoms with van der Waals surface area (Å²) < 4.78 is 5.39. The molecule has 0 aliphatic carbocycles. The average Bonchev–Trinajstić information content (AvgIpc) is 1.98. The van der Waals surface area contributed by atoms with E-state index < -0.39 is 5.97 Å². The molecular formula is C7H9IO2. The van der Waals surface area contributed by atoms with Crippen LogP contribution in [0.25, 0.3) is 0 Å². The third-order valence-electron chi connectivity index (χ3n) is 0.811. The first-order valence-electron chi connectivity index (χ1n) is 2.94. The molecule has 0 saturated carbocycles. The molecule has 0 aliphatic rings. The third kappa shape index (κ3) is 5.89. The molecule has 2 nitrogen and oxygen atoms in total. The van der Waals surface area contributed by atoms with Crippen molar-refractivity contribution in [2.75, 3.05) is 11.5 Å². The van der Waals surface area contributed by atoms with Crippen molar-refractivity contribution in [3.8, 4) is 11.8 Å². The Hall–Kier alpha value is -0.240. The number of esters is 1. The van der Waals surface area contributed by atoms with Crippen molar-refractivity contribution < 1.29 is 9.53 Å². The molecule has 0 amide bonds. The molecule has 0 aromatic carbocycles. The van der Waals surface area contributed by atoms with Gasteiger partial charge in [0, 0.05) is 16.8 Å². The lowest BCUT2D eigenvalue weighted by atomic mass is 10.3. The largest absolute Gasteiger partial charge is 0.459 e. The Bertz CT molecular complexity index is 155. The van der Waals surface area contributed by atoms with Gasteiger partial charge in [-0.05, 0) is 6.42 Å². The zero-order valence-electron chi connectivity index (χ0n) is 5.82. The third-order valence-corrected chi connectivity index (χ3v) is 1.57. The molecule has 0 aromatic heterocycles. The summed E-state index contributed by atoms with van der Waals surface area (Å²) in [4.78, 5) is 10.4. The molecule has 0 aliphatic heterocycles. The first-order valence-corrected chi connectivity index (χ1v) is 4.46. The van der Waals surface area contributed by atoms with Crippen LogP contribution in [0, 0.1) is 11.8 Å². The van der Waals surface area contributed by atoms with Crippen LogP contribution in [0.15, 0.2) is 0 Å². The number of unbranched alkanes of at least 4 members (excludes halogenated alkanes) is 1. The van der Waals surface area contributed by atoms with Gasteiger partial charge in [0.05, 0.1) is 7.11 Å². The number of carbonyl (C=O) groups excluding carboxylic acids is 1. The predicted octanol–water partition coefficient (Wildman–Crippen LogP) is 1.38. The second-order valence-corrected chi connectivity index (χ2v) is 2.66. The molecule has 0 bridgehead atoms. The fraction of sp³-hybridized carbons (Fsp3) is 0.571. The highest BCUT2D eigenvalue weighted by Crippen LogP contribution is 1.91. The second-order valence-electron chi connectivity index (χ2n) is 1.59. The highest BCUT2D eigenvalue weighted by Gasteiger charge is 1.87. The van der Waals surface area contributed by atoms with Gasteiger partial charge in [-0.3, -0.25) is 0 Å². The number of hydrogen-bond acceptors (Lipinski definition) is 2. The average molecular weight is 252 g/mol. The standard InChI is InChI=1S/C7H9IO2/c1-10-7(9)5-3-2-4-6-8/h2,4,6H2,1H3. The molecule has 0 rings (SSSR count). The summed E-state index contributed by atoms with van der Waals surface area (Å²) in [6, 6.07) is 0. The smallest absolute Gasteiger partial charge is 0.384 e. The van der Waals surface area contributed by atoms with Gasteiger partial charge in [0.15, 0.2) is 0 Å². The second kappa shape index (κ2) is 6.87. The van der Waals surface area contributed by atoms with Gasteiger partial charge in [0.2, 0.25) is 0 Å². The SMILES string of the molecule is COC(=O)C#CCCCI. The normalized spacial score (nSPS) is 7.80. The Balaban J connectivity index is 3.39. The maximum Gasteiger partial charge on any atom is 0.384 e. The predicted molar refractivity (Wildman–Crippen MR) is 47.9 cm³/mol. The summed E-state index contributed by atoms with van der Waals surface area (Å²) in [5.41, 5.74) is 0. The molecule has 0 atom stereocenters. The van der Waals surface area contributed by atoms with Crippen molar-refractivity contribution in [1.82, 2.24) is 0 Å². The Morgan fingerprint density at radius 2 is 2.40 bits per heavy atom. The van der Waals surface area contributed by atoms with Crippen LogP contribution >= 0.6 is 22.6 Å². The monoisotopic (exact) mass is 252 g/mol. The molecule has 0 unspecified atom stereocenters. The van der Waals surface area contributed by atoms with Crippen molar-refractivity contribution in [3.05, 3.63) is 0 Å². The number of halogens is 1. The Morgan fingerprint density at radius 1 is 1.70 bits per heavy atom. The van der Waals surface area contributed by atoms with Crippen LogP contribution in [0.4, 0.5) is 0 Å². The van der Waals surface area contributed by atoms with E-state index in [2.05, 4.69) is 39.2 Å². The van der Waals surface area contributed by atoms with Crippen LogP contribution in [-0.4, -0.2) is 17.5 Å². The molecule has 56 valence electrons. The van der Waals surface area contributed by atoms with Crippen LogP contribution < -0.4 is 0 Å². The summed E-state index contributed by atoms with van der Waals surface area (Å²) in [6.45, 7) is 0. The first kappa shape index (κ1) is 9.76. The lowest BCUT2D eigenvalue weighted by Crippen LogP contribution is -1.94. The van der Waals surface area contributed by atoms with E-state index in [4.69, 9.17) is 0 Å². The molecule has 0 aromatic rings. The molecule has 0 spiro atoms. The van der Waals surface area contributed by atoms with Gasteiger partial charge in [-0.15, -0.1) is 0 Å². The summed E-state index contributed by atoms with van der Waals surface area (Å²) >= 11 is 2.27. The lowest BCUT2D eigenvalue weighted by molar-refractivity contribution is -0.133. The number of methoxy groups -OCH3 is 1. The maximum absolute atomic E-state index is 10.4. The van der Waals surface area contributed by atoms with E-state index in [0.29, 0.717) is 0 Å². The first-order chi connectivity index (χ1) is 4.81. The fourth-order valence-electron chi connectivity index (χ4n) is 0.341. The highest BCUT2D eigenvalue weighted by molar-refractivity contribution is 14.1. The minimum absolute atomic E-state index is 0.451. The minimum Gasteiger partial charge on any atom is -0.459 e. The molecule has 0 N–H and O–H groups in total. The van der Waals surface area contributed by atoms with Gasteiger partial charge in [-0.25, -0.2) is 4.79 Å². The van der Waals surface area contributed by atoms with Gasteiger partial charge < -0.3 is 4.74 Å². The van der Waals surface area contributed by atoms with Gasteiger partial charge >= 0.3 is 5.97 Å². The van der Waals surface area contributed by atoms with E-state index in [0.717, 1.165) is 17.3 Å². The van der Waals surface area contributed by atoms with Crippen molar-refractivity contribution in [2.24, 2.45) is 0 Å². The van der Waals surface area contributed by atoms with E-state index in [-0.39, 0.29) is 0 Å². The Labute approximate surface area is 74.5 Å². The van der Waals surface area contributed by atoms with Crippen molar-refractivity contribution in [1.29, 1.82) is 0 Å². The molecule has 0 fully saturated rings. The quantitative estimate of drug-likeness (QED) is 0.185. The van der Waals surface area contributed by atoms with Crippen molar-refractivity contribution >= 4 is 28.6 Å². The Morgan fingerprint density at radius 3 is 2.90 bits per heavy atom. The Kier molecular flexibility index (Phi) is 6.71. The molecule has 3 heteroatoms. The summed E-state index contributed by atoms with van der Waals surface area (Å²) in [5.74, 6) is 4.61. The van der Waals surface area contributed by atoms with Crippen LogP contribution in [0.5, 0.6) is 0 Å². The summed E-state index contributed by atoms with van der Waals surface area (Å²) in [6.07, 6.45) is 1.81. The van der Waals surface area contributed by atoms with E-state index in [1.54, 1.807) is 0 Å². The molecule has 0 heterocycles. The zero-order valence-corrected chi connectivity index (χ0v) is 7.97. The van der Waals surface area contributed by atoms with Crippen molar-refractivity contribution in [2.45, 2.75) is 12.8 Å². The van der Waals surface area contributed by atoms with Crippen LogP contribution in [-0.2, 0) is 9.53 Å². The lowest BCUT2D eigenvalue weighted by Gasteiger charge is -1.84. The van der Waals surface area contributed by atoms with E-state index in [9.17, 15) is 4.79 Å². The molecule has 10 heavy (non-hydrogen) atoms. The van der Waals surface area contributed by atoms with Crippen LogP contribution in [0.1, 0.15) is 12.8 Å². The zero-order chi connectivity index (χ0) is 7.82. The van der Waals surface area contributed by atoms with E-state index in [1.807, 2.05) is 0 Å². The molecule has 0 radical (unpaired) electrons. The van der Waals surface area contributed by atoms with Gasteiger partial charge in [0.1, 0.15) is 0 Å². The van der Waals surface area contributed by atoms with Crippen molar-refractivity contribution in [3.63, 3.8) is 0 Å². The highest BCUT2D eigenvalue weighted by atomic mass is 127. The number of ether oxygens (including phenoxy) is 1. The van der Waals surface area contributed by atoms with E-state index in [1.165, 1.54) is 7.11 Å². The summed E-state index contributed by atoms with van der Waals surface area (Å²) in [7, 11) is 1.33. The minimum atomic E-state index is -0.451. The maximum atomic E-state index is 10.4. The molecule has 0 saturated heterocycles. The van der Waals surface area contributed by atoms with Crippen LogP contribution in [0.2, 0.25) is 0 Å². The topological polar surface area (TPSA) is 26.3 Å². The van der Waals surface area contributed by atoms with Crippen LogP contribution in [0.3, 0.4) is 0 Å². The number of hydrogen-bond donors (Lipinski definition) is 0. The summed E-state index contributed by atoms with van der Waals surface area (Å²) in [5, 5.41) is 0. The van der Waals surface area contributed by atoms with Gasteiger partial charge in [0.25, 0.3) is 0 Å². The molecular weight excluding hydrogens is 243 g/mol. The number of rotatable bonds is 2. The number of alkyl halides is 1.